The van der Waals surface area contributed by atoms with Crippen LogP contribution in [0.25, 0.3) is 10.8 Å². The molecule has 0 aliphatic heterocycles. The number of phenolic OH excluding ortho intramolecular Hbond substituents is 1. The average molecular weight is 824 g/mol. The van der Waals surface area contributed by atoms with Crippen LogP contribution in [0.15, 0.2) is 102 Å². The van der Waals surface area contributed by atoms with Crippen LogP contribution in [0.3, 0.4) is 0 Å². The lowest BCUT2D eigenvalue weighted by Gasteiger charge is -2.11. The van der Waals surface area contributed by atoms with E-state index >= 15 is 0 Å². The molecule has 6 N–H and O–H groups in total. The summed E-state index contributed by atoms with van der Waals surface area (Å²) in [7, 11) is -7.50. The number of hydrogen-bond donors (Lipinski definition) is 5. The number of hydrogen-bond acceptors (Lipinski definition) is 24. The maximum Gasteiger partial charge on any atom is 0.197 e. The highest BCUT2D eigenvalue weighted by molar-refractivity contribution is 7.94. The van der Waals surface area contributed by atoms with E-state index in [2.05, 4.69) is 48.6 Å². The second kappa shape index (κ2) is 20.1. The molecule has 0 saturated carbocycles. The van der Waals surface area contributed by atoms with Crippen molar-refractivity contribution in [2.24, 2.45) is 20.5 Å². The van der Waals surface area contributed by atoms with Crippen LogP contribution in [0.5, 0.6) is 5.75 Å². The molecular formula is C26H25N5O16S5. The van der Waals surface area contributed by atoms with E-state index < -0.39 is 36.9 Å². The third-order valence-corrected chi connectivity index (χ3v) is 11.2. The standard InChI is InChI=1S/C26H25N5O16S5/c27-22-10-9-20-21(24(22)30-28-16-1-5-18(6-2-16)51(36,37)13-11-40-49-46-43-34)15-23(48-45-42-33)25(26(20)32)31-29-17-3-7-19(8-4-17)52(38,39)14-12-41-50-47-44-35/h1-10,15,32-35H,11-14,27H2/b30-28+,31-29+. The van der Waals surface area contributed by atoms with Gasteiger partial charge in [-0.2, -0.15) is 10.2 Å². The van der Waals surface area contributed by atoms with Crippen molar-refractivity contribution in [2.45, 2.75) is 14.7 Å². The molecule has 0 atom stereocenters. The van der Waals surface area contributed by atoms with Crippen LogP contribution in [-0.2, 0) is 56.2 Å². The van der Waals surface area contributed by atoms with Crippen LogP contribution in [0.1, 0.15) is 0 Å². The highest BCUT2D eigenvalue weighted by Crippen LogP contribution is 2.47. The van der Waals surface area contributed by atoms with Crippen molar-refractivity contribution in [3.63, 3.8) is 0 Å². The van der Waals surface area contributed by atoms with E-state index in [0.717, 1.165) is 0 Å². The van der Waals surface area contributed by atoms with Crippen LogP contribution in [0, 0.1) is 0 Å². The molecule has 0 aromatic heterocycles. The predicted octanol–water partition coefficient (Wildman–Crippen LogP) is 6.94. The lowest BCUT2D eigenvalue weighted by atomic mass is 10.1. The molecule has 0 radical (unpaired) electrons. The zero-order valence-corrected chi connectivity index (χ0v) is 29.9. The molecule has 4 rings (SSSR count). The summed E-state index contributed by atoms with van der Waals surface area (Å²) in [5.41, 5.74) is 6.79. The Kier molecular flexibility index (Phi) is 15.9. The van der Waals surface area contributed by atoms with E-state index in [4.69, 9.17) is 29.9 Å². The van der Waals surface area contributed by atoms with Crippen LogP contribution < -0.4 is 5.73 Å². The van der Waals surface area contributed by atoms with E-state index in [1.807, 2.05) is 0 Å². The zero-order chi connectivity index (χ0) is 37.6. The Balaban J connectivity index is 1.57. The lowest BCUT2D eigenvalue weighted by molar-refractivity contribution is -0.434. The third-order valence-electron chi connectivity index (χ3n) is 6.40. The second-order valence-corrected chi connectivity index (χ2v) is 15.5. The fraction of sp³-hybridized carbons (Fsp3) is 0.154. The lowest BCUT2D eigenvalue weighted by Crippen LogP contribution is -2.10. The van der Waals surface area contributed by atoms with Gasteiger partial charge in [-0.05, 0) is 66.7 Å². The normalized spacial score (nSPS) is 12.4. The number of nitrogens with two attached hydrogens (primary N) is 1. The maximum absolute atomic E-state index is 12.6. The van der Waals surface area contributed by atoms with Crippen molar-refractivity contribution in [2.75, 3.05) is 30.5 Å². The van der Waals surface area contributed by atoms with Gasteiger partial charge in [-0.15, -0.1) is 23.2 Å². The minimum atomic E-state index is -3.76. The number of phenols is 1. The monoisotopic (exact) mass is 823 g/mol. The first kappa shape index (κ1) is 41.2. The first-order chi connectivity index (χ1) is 25.0. The maximum atomic E-state index is 12.6. The number of fused-ring (bicyclic) bond motifs is 1. The van der Waals surface area contributed by atoms with Crippen molar-refractivity contribution in [3.8, 4) is 5.75 Å². The van der Waals surface area contributed by atoms with Gasteiger partial charge in [-0.1, -0.05) is 15.1 Å². The van der Waals surface area contributed by atoms with E-state index in [9.17, 15) is 21.9 Å². The molecule has 0 fully saturated rings. The third kappa shape index (κ3) is 11.5. The summed E-state index contributed by atoms with van der Waals surface area (Å²) in [6.45, 7) is -0.534. The Morgan fingerprint density at radius 2 is 1.10 bits per heavy atom. The first-order valence-corrected chi connectivity index (χ1v) is 19.1. The van der Waals surface area contributed by atoms with Gasteiger partial charge in [-0.3, -0.25) is 8.37 Å². The molecule has 0 aliphatic carbocycles. The minimum Gasteiger partial charge on any atom is -0.505 e. The molecule has 52 heavy (non-hydrogen) atoms. The second-order valence-electron chi connectivity index (χ2n) is 9.49. The van der Waals surface area contributed by atoms with Gasteiger partial charge < -0.3 is 10.8 Å². The predicted molar refractivity (Wildman–Crippen MR) is 183 cm³/mol. The molecule has 26 heteroatoms. The van der Waals surface area contributed by atoms with Gasteiger partial charge in [0.25, 0.3) is 0 Å². The van der Waals surface area contributed by atoms with Crippen LogP contribution in [0.2, 0.25) is 0 Å². The highest BCUT2D eigenvalue weighted by atomic mass is 32.2. The van der Waals surface area contributed by atoms with E-state index in [1.165, 1.54) is 66.7 Å². The van der Waals surface area contributed by atoms with Gasteiger partial charge in [0.05, 0.1) is 68.5 Å². The topological polar surface area (TPSA) is 298 Å². The number of nitrogen functional groups attached to an aromatic ring is 1. The quantitative estimate of drug-likeness (QED) is 0.0142. The van der Waals surface area contributed by atoms with Gasteiger partial charge in [0, 0.05) is 10.8 Å². The fourth-order valence-electron chi connectivity index (χ4n) is 4.06. The molecule has 280 valence electrons. The molecule has 4 aromatic carbocycles. The Morgan fingerprint density at radius 3 is 1.58 bits per heavy atom. The van der Waals surface area contributed by atoms with E-state index in [0.29, 0.717) is 12.0 Å². The summed E-state index contributed by atoms with van der Waals surface area (Å²) in [5, 5.41) is 63.6. The molecule has 0 aliphatic rings. The van der Waals surface area contributed by atoms with E-state index in [1.54, 1.807) is 0 Å². The number of azo groups is 2. The van der Waals surface area contributed by atoms with Gasteiger partial charge in [-0.25, -0.2) is 32.6 Å². The average Bonchev–Trinajstić information content (AvgIpc) is 3.13. The molecule has 0 amide bonds. The Morgan fingerprint density at radius 1 is 0.615 bits per heavy atom. The number of rotatable bonds is 21. The molecule has 0 unspecified atom stereocenters. The Bertz CT molecular complexity index is 2070. The fourth-order valence-corrected chi connectivity index (χ4v) is 7.36. The summed E-state index contributed by atoms with van der Waals surface area (Å²) in [5.74, 6) is -1.21. The number of benzene rings is 4. The molecule has 0 spiro atoms. The van der Waals surface area contributed by atoms with Gasteiger partial charge in [0.2, 0.25) is 0 Å². The summed E-state index contributed by atoms with van der Waals surface area (Å²) < 4.78 is 72.4. The molecular weight excluding hydrogens is 799 g/mol. The van der Waals surface area contributed by atoms with Crippen molar-refractivity contribution < 1.29 is 74.2 Å². The summed E-state index contributed by atoms with van der Waals surface area (Å²) in [4.78, 5) is 0.0118. The van der Waals surface area contributed by atoms with Gasteiger partial charge in [0.15, 0.2) is 50.1 Å². The molecule has 21 nitrogen and oxygen atoms in total. The summed E-state index contributed by atoms with van der Waals surface area (Å²) >= 11 is 0.960. The molecule has 0 bridgehead atoms. The number of nitrogens with zero attached hydrogens (tertiary/aromatic N) is 4. The van der Waals surface area contributed by atoms with Gasteiger partial charge >= 0.3 is 0 Å². The highest BCUT2D eigenvalue weighted by Gasteiger charge is 2.20. The number of aromatic hydroxyl groups is 1. The summed E-state index contributed by atoms with van der Waals surface area (Å²) in [6, 6.07) is 15.2. The Labute approximate surface area is 306 Å². The Hall–Kier alpha value is -3.55. The first-order valence-electron chi connectivity index (χ1n) is 13.8. The van der Waals surface area contributed by atoms with Crippen molar-refractivity contribution in [3.05, 3.63) is 66.7 Å². The molecule has 4 aromatic rings. The van der Waals surface area contributed by atoms with Gasteiger partial charge in [0.1, 0.15) is 11.4 Å². The minimum absolute atomic E-state index is 0.0211. The number of sulfone groups is 2. The molecule has 0 heterocycles. The zero-order valence-electron chi connectivity index (χ0n) is 25.8. The smallest absolute Gasteiger partial charge is 0.197 e. The van der Waals surface area contributed by atoms with Crippen LogP contribution >= 0.6 is 36.7 Å². The van der Waals surface area contributed by atoms with E-state index in [-0.39, 0.29) is 91.8 Å². The van der Waals surface area contributed by atoms with Crippen molar-refractivity contribution in [1.29, 1.82) is 0 Å². The van der Waals surface area contributed by atoms with Crippen LogP contribution in [-0.4, -0.2) is 62.4 Å². The van der Waals surface area contributed by atoms with Crippen molar-refractivity contribution >= 4 is 95.6 Å². The van der Waals surface area contributed by atoms with Crippen molar-refractivity contribution in [1.82, 2.24) is 0 Å². The largest absolute Gasteiger partial charge is 0.505 e. The SMILES string of the molecule is Nc1ccc2c(O)c(/N=N/c3ccc(S(=O)(=O)CCOSOOO)cc3)c(SOOO)cc2c1/N=N/c1ccc(S(=O)(=O)CCOSOOO)cc1. The summed E-state index contributed by atoms with van der Waals surface area (Å²) in [6.07, 6.45) is 0. The van der Waals surface area contributed by atoms with Crippen LogP contribution in [0.4, 0.5) is 28.4 Å². The molecule has 0 saturated heterocycles. The number of anilines is 1.